The minimum atomic E-state index is -3.41. The van der Waals surface area contributed by atoms with Gasteiger partial charge in [-0.1, -0.05) is 43.7 Å². The SMILES string of the molecule is CCCCN(CC(=O)Nc1ccc(OCc2ccccc2)cc1)S(C)(=O)=O. The Hall–Kier alpha value is -2.38. The molecule has 2 aromatic carbocycles. The highest BCUT2D eigenvalue weighted by Gasteiger charge is 2.19. The van der Waals surface area contributed by atoms with E-state index in [1.54, 1.807) is 24.3 Å². The molecule has 27 heavy (non-hydrogen) atoms. The number of benzene rings is 2. The Kier molecular flexibility index (Phi) is 7.82. The molecule has 1 N–H and O–H groups in total. The summed E-state index contributed by atoms with van der Waals surface area (Å²) in [5.41, 5.74) is 1.67. The molecule has 2 rings (SSSR count). The fourth-order valence-corrected chi connectivity index (χ4v) is 3.25. The van der Waals surface area contributed by atoms with Crippen LogP contribution in [0.15, 0.2) is 54.6 Å². The zero-order valence-electron chi connectivity index (χ0n) is 15.7. The minimum absolute atomic E-state index is 0.189. The van der Waals surface area contributed by atoms with E-state index in [9.17, 15) is 13.2 Å². The fraction of sp³-hybridized carbons (Fsp3) is 0.350. The van der Waals surface area contributed by atoms with Gasteiger partial charge in [-0.05, 0) is 36.2 Å². The summed E-state index contributed by atoms with van der Waals surface area (Å²) >= 11 is 0. The molecule has 0 unspecified atom stereocenters. The molecule has 1 amide bonds. The van der Waals surface area contributed by atoms with Crippen molar-refractivity contribution in [3.63, 3.8) is 0 Å². The molecule has 0 saturated heterocycles. The van der Waals surface area contributed by atoms with Crippen molar-refractivity contribution in [2.24, 2.45) is 0 Å². The molecule has 0 fully saturated rings. The lowest BCUT2D eigenvalue weighted by atomic mass is 10.2. The first kappa shape index (κ1) is 20.9. The minimum Gasteiger partial charge on any atom is -0.489 e. The maximum Gasteiger partial charge on any atom is 0.239 e. The molecule has 0 spiro atoms. The molecular weight excluding hydrogens is 364 g/mol. The molecular formula is C20H26N2O4S. The average Bonchev–Trinajstić information content (AvgIpc) is 2.64. The first-order valence-electron chi connectivity index (χ1n) is 8.90. The molecule has 7 heteroatoms. The average molecular weight is 391 g/mol. The number of carbonyl (C=O) groups excluding carboxylic acids is 1. The highest BCUT2D eigenvalue weighted by molar-refractivity contribution is 7.88. The third kappa shape index (κ3) is 7.40. The van der Waals surface area contributed by atoms with Gasteiger partial charge >= 0.3 is 0 Å². The van der Waals surface area contributed by atoms with Crippen molar-refractivity contribution >= 4 is 21.6 Å². The Bertz CT molecular complexity index is 821. The summed E-state index contributed by atoms with van der Waals surface area (Å²) in [5.74, 6) is 0.326. The van der Waals surface area contributed by atoms with E-state index >= 15 is 0 Å². The Morgan fingerprint density at radius 2 is 1.74 bits per heavy atom. The Morgan fingerprint density at radius 1 is 1.07 bits per heavy atom. The smallest absolute Gasteiger partial charge is 0.239 e. The molecule has 0 saturated carbocycles. The molecule has 0 aromatic heterocycles. The van der Waals surface area contributed by atoms with E-state index < -0.39 is 10.0 Å². The fourth-order valence-electron chi connectivity index (χ4n) is 2.43. The van der Waals surface area contributed by atoms with E-state index in [4.69, 9.17) is 4.74 Å². The van der Waals surface area contributed by atoms with Crippen LogP contribution in [-0.4, -0.2) is 38.0 Å². The van der Waals surface area contributed by atoms with Gasteiger partial charge in [0.2, 0.25) is 15.9 Å². The van der Waals surface area contributed by atoms with Crippen LogP contribution in [-0.2, 0) is 21.4 Å². The van der Waals surface area contributed by atoms with E-state index in [1.807, 2.05) is 37.3 Å². The Labute approximate surface area is 161 Å². The first-order chi connectivity index (χ1) is 12.9. The molecule has 0 atom stereocenters. The van der Waals surface area contributed by atoms with E-state index in [1.165, 1.54) is 4.31 Å². The highest BCUT2D eigenvalue weighted by atomic mass is 32.2. The van der Waals surface area contributed by atoms with Crippen molar-refractivity contribution in [2.45, 2.75) is 26.4 Å². The molecule has 0 aliphatic heterocycles. The Morgan fingerprint density at radius 3 is 2.33 bits per heavy atom. The van der Waals surface area contributed by atoms with E-state index in [-0.39, 0.29) is 12.5 Å². The van der Waals surface area contributed by atoms with Crippen molar-refractivity contribution in [1.29, 1.82) is 0 Å². The lowest BCUT2D eigenvalue weighted by Crippen LogP contribution is -2.37. The van der Waals surface area contributed by atoms with Crippen molar-refractivity contribution in [3.8, 4) is 5.75 Å². The summed E-state index contributed by atoms with van der Waals surface area (Å²) in [6, 6.07) is 16.8. The number of nitrogens with zero attached hydrogens (tertiary/aromatic N) is 1. The van der Waals surface area contributed by atoms with Crippen LogP contribution >= 0.6 is 0 Å². The standard InChI is InChI=1S/C20H26N2O4S/c1-3-4-14-22(27(2,24)25)15-20(23)21-18-10-12-19(13-11-18)26-16-17-8-6-5-7-9-17/h5-13H,3-4,14-16H2,1-2H3,(H,21,23). The van der Waals surface area contributed by atoms with E-state index in [0.29, 0.717) is 31.0 Å². The van der Waals surface area contributed by atoms with Gasteiger partial charge in [0.1, 0.15) is 12.4 Å². The molecule has 6 nitrogen and oxygen atoms in total. The lowest BCUT2D eigenvalue weighted by Gasteiger charge is -2.19. The number of ether oxygens (including phenoxy) is 1. The van der Waals surface area contributed by atoms with Gasteiger partial charge < -0.3 is 10.1 Å². The Balaban J connectivity index is 1.88. The normalized spacial score (nSPS) is 11.4. The predicted octanol–water partition coefficient (Wildman–Crippen LogP) is 3.27. The van der Waals surface area contributed by atoms with Gasteiger partial charge in [-0.3, -0.25) is 4.79 Å². The van der Waals surface area contributed by atoms with Crippen LogP contribution in [0.4, 0.5) is 5.69 Å². The van der Waals surface area contributed by atoms with Gasteiger partial charge in [-0.25, -0.2) is 8.42 Å². The monoisotopic (exact) mass is 390 g/mol. The highest BCUT2D eigenvalue weighted by Crippen LogP contribution is 2.17. The molecule has 2 aromatic rings. The number of carbonyl (C=O) groups is 1. The number of anilines is 1. The van der Waals surface area contributed by atoms with Gasteiger partial charge in [0.15, 0.2) is 0 Å². The van der Waals surface area contributed by atoms with Gasteiger partial charge in [0.05, 0.1) is 12.8 Å². The summed E-state index contributed by atoms with van der Waals surface area (Å²) in [5, 5.41) is 2.72. The summed E-state index contributed by atoms with van der Waals surface area (Å²) in [4.78, 5) is 12.2. The number of amides is 1. The zero-order valence-corrected chi connectivity index (χ0v) is 16.5. The van der Waals surface area contributed by atoms with Gasteiger partial charge in [0, 0.05) is 12.2 Å². The largest absolute Gasteiger partial charge is 0.489 e. The second-order valence-electron chi connectivity index (χ2n) is 6.30. The summed E-state index contributed by atoms with van der Waals surface area (Å²) in [6.45, 7) is 2.59. The van der Waals surface area contributed by atoms with Crippen LogP contribution in [0, 0.1) is 0 Å². The summed E-state index contributed by atoms with van der Waals surface area (Å²) < 4.78 is 30.5. The molecule has 0 heterocycles. The maximum atomic E-state index is 12.2. The van der Waals surface area contributed by atoms with Gasteiger partial charge in [-0.2, -0.15) is 4.31 Å². The molecule has 0 aliphatic carbocycles. The van der Waals surface area contributed by atoms with Crippen LogP contribution in [0.5, 0.6) is 5.75 Å². The number of rotatable bonds is 10. The number of hydrogen-bond acceptors (Lipinski definition) is 4. The molecule has 0 aliphatic rings. The lowest BCUT2D eigenvalue weighted by molar-refractivity contribution is -0.116. The van der Waals surface area contributed by atoms with Crippen LogP contribution < -0.4 is 10.1 Å². The summed E-state index contributed by atoms with van der Waals surface area (Å²) in [7, 11) is -3.41. The van der Waals surface area contributed by atoms with E-state index in [0.717, 1.165) is 18.2 Å². The van der Waals surface area contributed by atoms with Gasteiger partial charge in [0.25, 0.3) is 0 Å². The van der Waals surface area contributed by atoms with Crippen LogP contribution in [0.25, 0.3) is 0 Å². The second kappa shape index (κ2) is 10.1. The topological polar surface area (TPSA) is 75.7 Å². The zero-order chi connectivity index (χ0) is 19.7. The number of hydrogen-bond donors (Lipinski definition) is 1. The second-order valence-corrected chi connectivity index (χ2v) is 8.28. The van der Waals surface area contributed by atoms with Crippen molar-refractivity contribution in [2.75, 3.05) is 24.7 Å². The first-order valence-corrected chi connectivity index (χ1v) is 10.7. The van der Waals surface area contributed by atoms with Crippen molar-refractivity contribution in [3.05, 3.63) is 60.2 Å². The number of sulfonamides is 1. The molecule has 0 radical (unpaired) electrons. The van der Waals surface area contributed by atoms with E-state index in [2.05, 4.69) is 5.32 Å². The third-order valence-electron chi connectivity index (χ3n) is 3.94. The summed E-state index contributed by atoms with van der Waals surface area (Å²) in [6.07, 6.45) is 2.70. The van der Waals surface area contributed by atoms with Crippen LogP contribution in [0.2, 0.25) is 0 Å². The van der Waals surface area contributed by atoms with Crippen LogP contribution in [0.3, 0.4) is 0 Å². The van der Waals surface area contributed by atoms with Crippen molar-refractivity contribution in [1.82, 2.24) is 4.31 Å². The van der Waals surface area contributed by atoms with Crippen molar-refractivity contribution < 1.29 is 17.9 Å². The number of unbranched alkanes of at least 4 members (excludes halogenated alkanes) is 1. The third-order valence-corrected chi connectivity index (χ3v) is 5.19. The quantitative estimate of drug-likeness (QED) is 0.676. The predicted molar refractivity (Wildman–Crippen MR) is 107 cm³/mol. The van der Waals surface area contributed by atoms with Gasteiger partial charge in [-0.15, -0.1) is 0 Å². The molecule has 146 valence electrons. The maximum absolute atomic E-state index is 12.2. The molecule has 0 bridgehead atoms. The van der Waals surface area contributed by atoms with Crippen LogP contribution in [0.1, 0.15) is 25.3 Å². The number of nitrogens with one attached hydrogen (secondary N) is 1.